The monoisotopic (exact) mass is 520 g/mol. The van der Waals surface area contributed by atoms with E-state index in [9.17, 15) is 9.59 Å². The third-order valence-corrected chi connectivity index (χ3v) is 6.33. The van der Waals surface area contributed by atoms with Gasteiger partial charge in [0.05, 0.1) is 6.04 Å². The number of hydrogen-bond acceptors (Lipinski definition) is 4. The van der Waals surface area contributed by atoms with Gasteiger partial charge in [0, 0.05) is 11.3 Å². The first-order valence-electron chi connectivity index (χ1n) is 12.7. The average Bonchev–Trinajstić information content (AvgIpc) is 2.93. The van der Waals surface area contributed by atoms with Gasteiger partial charge in [-0.1, -0.05) is 72.3 Å². The number of aryl methyl sites for hydroxylation is 1. The first kappa shape index (κ1) is 27.1. The predicted molar refractivity (Wildman–Crippen MR) is 154 cm³/mol. The normalized spacial score (nSPS) is 12.2. The van der Waals surface area contributed by atoms with Crippen LogP contribution in [0.4, 0.5) is 5.69 Å². The molecule has 0 aliphatic heterocycles. The van der Waals surface area contributed by atoms with E-state index in [0.29, 0.717) is 29.2 Å². The fraction of sp³-hybridized carbons (Fsp3) is 0.156. The highest BCUT2D eigenvalue weighted by molar-refractivity contribution is 6.11. The fourth-order valence-corrected chi connectivity index (χ4v) is 4.24. The lowest BCUT2D eigenvalue weighted by Gasteiger charge is -2.21. The summed E-state index contributed by atoms with van der Waals surface area (Å²) in [6.07, 6.45) is 0. The molecule has 0 saturated carbocycles. The summed E-state index contributed by atoms with van der Waals surface area (Å²) < 4.78 is 5.99. The van der Waals surface area contributed by atoms with E-state index in [2.05, 4.69) is 16.7 Å². The van der Waals surface area contributed by atoms with Crippen molar-refractivity contribution in [3.63, 3.8) is 0 Å². The number of nitrogens with one attached hydrogen (secondary N) is 3. The maximum atomic E-state index is 13.5. The number of carbonyl (C=O) groups is 2. The third kappa shape index (κ3) is 7.32. The summed E-state index contributed by atoms with van der Waals surface area (Å²) in [5, 5.41) is 13.3. The lowest BCUT2D eigenvalue weighted by atomic mass is 9.96. The van der Waals surface area contributed by atoms with Gasteiger partial charge in [-0.15, -0.1) is 0 Å². The Morgan fingerprint density at radius 1 is 0.846 bits per heavy atom. The zero-order valence-corrected chi connectivity index (χ0v) is 22.0. The Kier molecular flexibility index (Phi) is 8.74. The van der Waals surface area contributed by atoms with Gasteiger partial charge in [0.1, 0.15) is 24.1 Å². The van der Waals surface area contributed by atoms with E-state index in [0.717, 1.165) is 11.1 Å². The summed E-state index contributed by atoms with van der Waals surface area (Å²) in [7, 11) is 0. The second-order valence-corrected chi connectivity index (χ2v) is 9.40. The van der Waals surface area contributed by atoms with Gasteiger partial charge in [-0.05, 0) is 66.9 Å². The third-order valence-electron chi connectivity index (χ3n) is 6.33. The average molecular weight is 521 g/mol. The minimum absolute atomic E-state index is 0.0620. The topological polar surface area (TPSA) is 117 Å². The van der Waals surface area contributed by atoms with Crippen molar-refractivity contribution >= 4 is 23.3 Å². The molecular formula is C32H32N4O3. The Balaban J connectivity index is 1.47. The van der Waals surface area contributed by atoms with E-state index in [1.54, 1.807) is 48.5 Å². The molecule has 2 unspecified atom stereocenters. The number of nitrogen functional groups attached to an aromatic ring is 1. The number of benzene rings is 4. The number of rotatable bonds is 10. The standard InChI is InChI=1S/C32H32N4O3/c1-21-8-6-9-23(18-21)20-39-28-13-7-12-26(19-28)22(2)35-31(37)29(24-10-4-3-5-11-24)32(38)36-27-16-14-25(15-17-27)30(33)34/h3-19,22,29H,20H2,1-2H3,(H3,33,34)(H,35,37)(H,36,38). The van der Waals surface area contributed by atoms with Crippen molar-refractivity contribution in [2.45, 2.75) is 32.4 Å². The lowest BCUT2D eigenvalue weighted by molar-refractivity contribution is -0.129. The first-order valence-corrected chi connectivity index (χ1v) is 12.7. The van der Waals surface area contributed by atoms with Crippen molar-refractivity contribution < 1.29 is 14.3 Å². The second kappa shape index (κ2) is 12.6. The van der Waals surface area contributed by atoms with Crippen molar-refractivity contribution in [1.29, 1.82) is 5.41 Å². The number of anilines is 1. The molecule has 4 aromatic carbocycles. The van der Waals surface area contributed by atoms with Crippen LogP contribution >= 0.6 is 0 Å². The van der Waals surface area contributed by atoms with E-state index >= 15 is 0 Å². The first-order chi connectivity index (χ1) is 18.8. The second-order valence-electron chi connectivity index (χ2n) is 9.40. The molecule has 0 aliphatic rings. The van der Waals surface area contributed by atoms with Crippen LogP contribution in [0.5, 0.6) is 5.75 Å². The number of nitrogens with two attached hydrogens (primary N) is 1. The van der Waals surface area contributed by atoms with E-state index in [4.69, 9.17) is 15.9 Å². The van der Waals surface area contributed by atoms with Crippen LogP contribution in [0.1, 0.15) is 46.7 Å². The van der Waals surface area contributed by atoms with Gasteiger partial charge >= 0.3 is 0 Å². The highest BCUT2D eigenvalue weighted by Gasteiger charge is 2.29. The van der Waals surface area contributed by atoms with Crippen molar-refractivity contribution in [1.82, 2.24) is 5.32 Å². The molecule has 0 aliphatic carbocycles. The van der Waals surface area contributed by atoms with E-state index in [-0.39, 0.29) is 11.9 Å². The van der Waals surface area contributed by atoms with Crippen LogP contribution in [-0.4, -0.2) is 17.6 Å². The molecule has 0 saturated heterocycles. The van der Waals surface area contributed by atoms with Gasteiger partial charge in [-0.3, -0.25) is 15.0 Å². The minimum atomic E-state index is -1.07. The fourth-order valence-electron chi connectivity index (χ4n) is 4.24. The number of carbonyl (C=O) groups excluding carboxylic acids is 2. The summed E-state index contributed by atoms with van der Waals surface area (Å²) in [5.41, 5.74) is 10.3. The maximum Gasteiger partial charge on any atom is 0.241 e. The van der Waals surface area contributed by atoms with Crippen molar-refractivity contribution in [3.8, 4) is 5.75 Å². The molecule has 0 heterocycles. The molecule has 0 bridgehead atoms. The molecular weight excluding hydrogens is 488 g/mol. The lowest BCUT2D eigenvalue weighted by Crippen LogP contribution is -2.37. The largest absolute Gasteiger partial charge is 0.489 e. The van der Waals surface area contributed by atoms with Crippen molar-refractivity contribution in [3.05, 3.63) is 131 Å². The number of hydrogen-bond donors (Lipinski definition) is 4. The minimum Gasteiger partial charge on any atom is -0.489 e. The number of ether oxygens (including phenoxy) is 1. The van der Waals surface area contributed by atoms with Gasteiger partial charge in [0.25, 0.3) is 0 Å². The highest BCUT2D eigenvalue weighted by atomic mass is 16.5. The Bertz CT molecular complexity index is 1450. The molecule has 4 aromatic rings. The molecule has 0 aromatic heterocycles. The Morgan fingerprint density at radius 2 is 1.54 bits per heavy atom. The Hall–Kier alpha value is -4.91. The summed E-state index contributed by atoms with van der Waals surface area (Å²) in [4.78, 5) is 26.8. The van der Waals surface area contributed by atoms with Crippen LogP contribution in [0.25, 0.3) is 0 Å². The maximum absolute atomic E-state index is 13.5. The molecule has 0 fully saturated rings. The van der Waals surface area contributed by atoms with Gasteiger partial charge in [-0.2, -0.15) is 0 Å². The van der Waals surface area contributed by atoms with E-state index < -0.39 is 17.7 Å². The predicted octanol–water partition coefficient (Wildman–Crippen LogP) is 5.46. The van der Waals surface area contributed by atoms with Gasteiger partial charge in [0.15, 0.2) is 0 Å². The zero-order valence-electron chi connectivity index (χ0n) is 22.0. The molecule has 39 heavy (non-hydrogen) atoms. The van der Waals surface area contributed by atoms with Crippen molar-refractivity contribution in [2.24, 2.45) is 5.73 Å². The van der Waals surface area contributed by atoms with Crippen LogP contribution in [0.3, 0.4) is 0 Å². The summed E-state index contributed by atoms with van der Waals surface area (Å²) >= 11 is 0. The van der Waals surface area contributed by atoms with Gasteiger partial charge < -0.3 is 21.1 Å². The van der Waals surface area contributed by atoms with E-state index in [1.165, 1.54) is 5.56 Å². The summed E-state index contributed by atoms with van der Waals surface area (Å²) in [6, 6.07) is 30.9. The Labute approximate surface area is 228 Å². The summed E-state index contributed by atoms with van der Waals surface area (Å²) in [5.74, 6) is -1.31. The molecule has 7 heteroatoms. The molecule has 5 N–H and O–H groups in total. The smallest absolute Gasteiger partial charge is 0.241 e. The van der Waals surface area contributed by atoms with Crippen LogP contribution in [0, 0.1) is 12.3 Å². The molecule has 0 radical (unpaired) electrons. The molecule has 2 atom stereocenters. The molecule has 7 nitrogen and oxygen atoms in total. The number of amidine groups is 1. The van der Waals surface area contributed by atoms with Crippen LogP contribution in [0.2, 0.25) is 0 Å². The quantitative estimate of drug-likeness (QED) is 0.126. The number of amides is 2. The highest BCUT2D eigenvalue weighted by Crippen LogP contribution is 2.24. The van der Waals surface area contributed by atoms with E-state index in [1.807, 2.05) is 62.4 Å². The Morgan fingerprint density at radius 3 is 2.23 bits per heavy atom. The zero-order chi connectivity index (χ0) is 27.8. The van der Waals surface area contributed by atoms with Crippen LogP contribution in [-0.2, 0) is 16.2 Å². The van der Waals surface area contributed by atoms with Crippen LogP contribution in [0.15, 0.2) is 103 Å². The molecule has 0 spiro atoms. The van der Waals surface area contributed by atoms with Crippen LogP contribution < -0.4 is 21.1 Å². The summed E-state index contributed by atoms with van der Waals surface area (Å²) in [6.45, 7) is 4.36. The van der Waals surface area contributed by atoms with Gasteiger partial charge in [-0.25, -0.2) is 0 Å². The SMILES string of the molecule is Cc1cccc(COc2cccc(C(C)NC(=O)C(C(=O)Nc3ccc(C(=N)N)cc3)c3ccccc3)c2)c1. The molecule has 4 rings (SSSR count). The van der Waals surface area contributed by atoms with Crippen molar-refractivity contribution in [2.75, 3.05) is 5.32 Å². The molecule has 198 valence electrons. The molecule has 2 amide bonds. The van der Waals surface area contributed by atoms with Gasteiger partial charge in [0.2, 0.25) is 11.8 Å².